The maximum absolute atomic E-state index is 14.0. The van der Waals surface area contributed by atoms with Crippen LogP contribution in [-0.4, -0.2) is 25.4 Å². The SMILES string of the molecule is CCOc1ccc(C(CN)Cc2ccc(O)c(OC)c2)cc1F. The quantitative estimate of drug-likeness (QED) is 0.822. The van der Waals surface area contributed by atoms with Gasteiger partial charge in [0.25, 0.3) is 0 Å². The number of methoxy groups -OCH3 is 1. The van der Waals surface area contributed by atoms with Crippen molar-refractivity contribution in [1.82, 2.24) is 0 Å². The fourth-order valence-electron chi connectivity index (χ4n) is 2.51. The van der Waals surface area contributed by atoms with Crippen LogP contribution in [0.1, 0.15) is 24.0 Å². The summed E-state index contributed by atoms with van der Waals surface area (Å²) in [5, 5.41) is 9.65. The fraction of sp³-hybridized carbons (Fsp3) is 0.333. The minimum Gasteiger partial charge on any atom is -0.504 e. The van der Waals surface area contributed by atoms with Crippen molar-refractivity contribution in [2.24, 2.45) is 5.73 Å². The minimum atomic E-state index is -0.383. The highest BCUT2D eigenvalue weighted by atomic mass is 19.1. The van der Waals surface area contributed by atoms with E-state index in [0.717, 1.165) is 11.1 Å². The number of hydrogen-bond donors (Lipinski definition) is 2. The number of ether oxygens (including phenoxy) is 2. The second kappa shape index (κ2) is 7.83. The van der Waals surface area contributed by atoms with E-state index in [2.05, 4.69) is 0 Å². The van der Waals surface area contributed by atoms with Gasteiger partial charge in [-0.2, -0.15) is 0 Å². The third-order valence-electron chi connectivity index (χ3n) is 3.74. The predicted molar refractivity (Wildman–Crippen MR) is 87.7 cm³/mol. The normalized spacial score (nSPS) is 12.0. The molecular formula is C18H22FNO3. The van der Waals surface area contributed by atoms with Crippen LogP contribution in [-0.2, 0) is 6.42 Å². The molecule has 0 saturated heterocycles. The Morgan fingerprint density at radius 2 is 1.96 bits per heavy atom. The van der Waals surface area contributed by atoms with E-state index in [1.807, 2.05) is 19.1 Å². The van der Waals surface area contributed by atoms with Crippen molar-refractivity contribution in [1.29, 1.82) is 0 Å². The topological polar surface area (TPSA) is 64.7 Å². The lowest BCUT2D eigenvalue weighted by Gasteiger charge is -2.17. The van der Waals surface area contributed by atoms with Gasteiger partial charge in [-0.25, -0.2) is 4.39 Å². The number of aromatic hydroxyl groups is 1. The summed E-state index contributed by atoms with van der Waals surface area (Å²) in [6.07, 6.45) is 0.626. The monoisotopic (exact) mass is 319 g/mol. The summed E-state index contributed by atoms with van der Waals surface area (Å²) in [5.74, 6) is 0.336. The van der Waals surface area contributed by atoms with Crippen LogP contribution >= 0.6 is 0 Å². The maximum atomic E-state index is 14.0. The molecule has 124 valence electrons. The highest BCUT2D eigenvalue weighted by Crippen LogP contribution is 2.30. The van der Waals surface area contributed by atoms with Gasteiger partial charge in [0.05, 0.1) is 13.7 Å². The van der Waals surface area contributed by atoms with Crippen LogP contribution in [0.3, 0.4) is 0 Å². The van der Waals surface area contributed by atoms with E-state index >= 15 is 0 Å². The number of benzene rings is 2. The summed E-state index contributed by atoms with van der Waals surface area (Å²) in [7, 11) is 1.50. The molecule has 0 bridgehead atoms. The van der Waals surface area contributed by atoms with Gasteiger partial charge in [0, 0.05) is 5.92 Å². The summed E-state index contributed by atoms with van der Waals surface area (Å²) in [6, 6.07) is 10.1. The van der Waals surface area contributed by atoms with E-state index in [-0.39, 0.29) is 23.2 Å². The second-order valence-electron chi connectivity index (χ2n) is 5.27. The summed E-state index contributed by atoms with van der Waals surface area (Å²) < 4.78 is 24.4. The van der Waals surface area contributed by atoms with Gasteiger partial charge >= 0.3 is 0 Å². The van der Waals surface area contributed by atoms with Crippen molar-refractivity contribution in [2.75, 3.05) is 20.3 Å². The fourth-order valence-corrected chi connectivity index (χ4v) is 2.51. The van der Waals surface area contributed by atoms with Gasteiger partial charge in [0.2, 0.25) is 0 Å². The molecular weight excluding hydrogens is 297 g/mol. The summed E-state index contributed by atoms with van der Waals surface area (Å²) >= 11 is 0. The van der Waals surface area contributed by atoms with Crippen LogP contribution in [0.15, 0.2) is 36.4 Å². The van der Waals surface area contributed by atoms with Crippen LogP contribution < -0.4 is 15.2 Å². The Hall–Kier alpha value is -2.27. The van der Waals surface area contributed by atoms with Crippen LogP contribution in [0.4, 0.5) is 4.39 Å². The molecule has 4 nitrogen and oxygen atoms in total. The van der Waals surface area contributed by atoms with Crippen molar-refractivity contribution in [3.05, 3.63) is 53.3 Å². The molecule has 0 fully saturated rings. The smallest absolute Gasteiger partial charge is 0.165 e. The molecule has 1 unspecified atom stereocenters. The van der Waals surface area contributed by atoms with Crippen LogP contribution in [0, 0.1) is 5.82 Å². The molecule has 0 aromatic heterocycles. The first-order chi connectivity index (χ1) is 11.1. The summed E-state index contributed by atoms with van der Waals surface area (Å²) in [5.41, 5.74) is 7.65. The second-order valence-corrected chi connectivity index (χ2v) is 5.27. The van der Waals surface area contributed by atoms with E-state index in [9.17, 15) is 9.50 Å². The van der Waals surface area contributed by atoms with Gasteiger partial charge in [0.15, 0.2) is 23.1 Å². The lowest BCUT2D eigenvalue weighted by molar-refractivity contribution is 0.321. The number of rotatable bonds is 7. The van der Waals surface area contributed by atoms with Crippen molar-refractivity contribution in [3.8, 4) is 17.2 Å². The Balaban J connectivity index is 2.21. The number of halogens is 1. The molecule has 0 amide bonds. The molecule has 0 saturated carbocycles. The van der Waals surface area contributed by atoms with E-state index in [1.54, 1.807) is 18.2 Å². The Bertz CT molecular complexity index is 661. The van der Waals surface area contributed by atoms with Crippen LogP contribution in [0.2, 0.25) is 0 Å². The zero-order valence-corrected chi connectivity index (χ0v) is 13.4. The van der Waals surface area contributed by atoms with Crippen LogP contribution in [0.25, 0.3) is 0 Å². The molecule has 0 aliphatic heterocycles. The van der Waals surface area contributed by atoms with Crippen molar-refractivity contribution < 1.29 is 19.0 Å². The van der Waals surface area contributed by atoms with Crippen LogP contribution in [0.5, 0.6) is 17.2 Å². The van der Waals surface area contributed by atoms with Gasteiger partial charge in [-0.05, 0) is 55.3 Å². The molecule has 2 aromatic carbocycles. The molecule has 1 atom stereocenters. The molecule has 0 aliphatic carbocycles. The molecule has 0 aliphatic rings. The zero-order valence-electron chi connectivity index (χ0n) is 13.4. The molecule has 23 heavy (non-hydrogen) atoms. The molecule has 0 heterocycles. The number of phenols is 1. The van der Waals surface area contributed by atoms with E-state index < -0.39 is 0 Å². The number of nitrogens with two attached hydrogens (primary N) is 1. The predicted octanol–water partition coefficient (Wildman–Crippen LogP) is 3.22. The Labute approximate surface area is 135 Å². The van der Waals surface area contributed by atoms with Gasteiger partial charge in [-0.1, -0.05) is 12.1 Å². The van der Waals surface area contributed by atoms with Gasteiger partial charge in [0.1, 0.15) is 0 Å². The standard InChI is InChI=1S/C18H22FNO3/c1-3-23-17-7-5-13(10-15(17)19)14(11-20)8-12-4-6-16(21)18(9-12)22-2/h4-7,9-10,14,21H,3,8,11,20H2,1-2H3. The van der Waals surface area contributed by atoms with Crippen molar-refractivity contribution >= 4 is 0 Å². The van der Waals surface area contributed by atoms with Gasteiger partial charge in [-0.3, -0.25) is 0 Å². The highest BCUT2D eigenvalue weighted by Gasteiger charge is 2.15. The first-order valence-electron chi connectivity index (χ1n) is 7.57. The largest absolute Gasteiger partial charge is 0.504 e. The molecule has 2 rings (SSSR count). The van der Waals surface area contributed by atoms with Crippen molar-refractivity contribution in [2.45, 2.75) is 19.3 Å². The lowest BCUT2D eigenvalue weighted by Crippen LogP contribution is -2.15. The highest BCUT2D eigenvalue weighted by molar-refractivity contribution is 5.42. The average molecular weight is 319 g/mol. The van der Waals surface area contributed by atoms with E-state index in [0.29, 0.717) is 25.3 Å². The van der Waals surface area contributed by atoms with E-state index in [4.69, 9.17) is 15.2 Å². The third kappa shape index (κ3) is 4.13. The molecule has 0 spiro atoms. The van der Waals surface area contributed by atoms with E-state index in [1.165, 1.54) is 13.2 Å². The number of hydrogen-bond acceptors (Lipinski definition) is 4. The number of phenolic OH excluding ortho intramolecular Hbond substituents is 1. The first kappa shape index (κ1) is 17.1. The zero-order chi connectivity index (χ0) is 16.8. The Morgan fingerprint density at radius 1 is 1.17 bits per heavy atom. The Kier molecular flexibility index (Phi) is 5.82. The minimum absolute atomic E-state index is 0.0329. The average Bonchev–Trinajstić information content (AvgIpc) is 2.56. The molecule has 3 N–H and O–H groups in total. The summed E-state index contributed by atoms with van der Waals surface area (Å²) in [4.78, 5) is 0. The van der Waals surface area contributed by atoms with Gasteiger partial charge < -0.3 is 20.3 Å². The maximum Gasteiger partial charge on any atom is 0.165 e. The van der Waals surface area contributed by atoms with Gasteiger partial charge in [-0.15, -0.1) is 0 Å². The lowest BCUT2D eigenvalue weighted by atomic mass is 9.91. The molecule has 0 radical (unpaired) electrons. The van der Waals surface area contributed by atoms with Crippen molar-refractivity contribution in [3.63, 3.8) is 0 Å². The molecule has 2 aromatic rings. The Morgan fingerprint density at radius 3 is 2.57 bits per heavy atom. The first-order valence-corrected chi connectivity index (χ1v) is 7.57. The molecule has 5 heteroatoms. The third-order valence-corrected chi connectivity index (χ3v) is 3.74. The summed E-state index contributed by atoms with van der Waals surface area (Å²) in [6.45, 7) is 2.62.